The highest BCUT2D eigenvalue weighted by Crippen LogP contribution is 2.44. The van der Waals surface area contributed by atoms with Crippen molar-refractivity contribution in [2.75, 3.05) is 0 Å². The number of hydrogen-bond acceptors (Lipinski definition) is 2. The topological polar surface area (TPSA) is 74.6 Å². The van der Waals surface area contributed by atoms with Gasteiger partial charge >= 0.3 is 11.9 Å². The molecule has 0 amide bonds. The summed E-state index contributed by atoms with van der Waals surface area (Å²) in [5.74, 6) is -2.08. The summed E-state index contributed by atoms with van der Waals surface area (Å²) in [6.07, 6.45) is 1.12. The highest BCUT2D eigenvalue weighted by atomic mass is 16.4. The Kier molecular flexibility index (Phi) is 2.64. The van der Waals surface area contributed by atoms with E-state index in [1.165, 1.54) is 12.1 Å². The number of carboxylic acid groups (broad SMARTS) is 2. The van der Waals surface area contributed by atoms with Crippen LogP contribution in [0.5, 0.6) is 0 Å². The molecular weight excluding hydrogens is 256 g/mol. The SMILES string of the molecule is O=C(O)/C=C1/c2ccccc2-c2ccc(C(=O)O)cc21. The number of benzene rings is 2. The van der Waals surface area contributed by atoms with Crippen molar-refractivity contribution in [2.45, 2.75) is 0 Å². The van der Waals surface area contributed by atoms with Crippen molar-refractivity contribution in [1.82, 2.24) is 0 Å². The van der Waals surface area contributed by atoms with Gasteiger partial charge in [-0.15, -0.1) is 0 Å². The van der Waals surface area contributed by atoms with E-state index in [0.717, 1.165) is 22.8 Å². The molecule has 2 aromatic rings. The molecule has 3 rings (SSSR count). The molecule has 4 nitrogen and oxygen atoms in total. The Labute approximate surface area is 114 Å². The maximum Gasteiger partial charge on any atom is 0.335 e. The highest BCUT2D eigenvalue weighted by Gasteiger charge is 2.24. The Hall–Kier alpha value is -2.88. The molecule has 2 N–H and O–H groups in total. The van der Waals surface area contributed by atoms with E-state index in [1.807, 2.05) is 24.3 Å². The third-order valence-corrected chi connectivity index (χ3v) is 3.33. The van der Waals surface area contributed by atoms with Gasteiger partial charge in [-0.1, -0.05) is 30.3 Å². The van der Waals surface area contributed by atoms with Crippen LogP contribution in [-0.2, 0) is 4.79 Å². The summed E-state index contributed by atoms with van der Waals surface area (Å²) in [6, 6.07) is 12.2. The van der Waals surface area contributed by atoms with Gasteiger partial charge in [0, 0.05) is 6.08 Å². The van der Waals surface area contributed by atoms with Crippen LogP contribution in [0.2, 0.25) is 0 Å². The summed E-state index contributed by atoms with van der Waals surface area (Å²) in [7, 11) is 0. The molecule has 4 heteroatoms. The zero-order valence-electron chi connectivity index (χ0n) is 10.3. The summed E-state index contributed by atoms with van der Waals surface area (Å²) in [4.78, 5) is 22.1. The third-order valence-electron chi connectivity index (χ3n) is 3.33. The lowest BCUT2D eigenvalue weighted by Crippen LogP contribution is -1.97. The van der Waals surface area contributed by atoms with E-state index in [4.69, 9.17) is 10.2 Å². The van der Waals surface area contributed by atoms with Gasteiger partial charge in [0.05, 0.1) is 5.56 Å². The van der Waals surface area contributed by atoms with Crippen LogP contribution < -0.4 is 0 Å². The number of hydrogen-bond donors (Lipinski definition) is 2. The van der Waals surface area contributed by atoms with Crippen LogP contribution >= 0.6 is 0 Å². The van der Waals surface area contributed by atoms with E-state index < -0.39 is 11.9 Å². The van der Waals surface area contributed by atoms with Gasteiger partial charge in [-0.05, 0) is 40.0 Å². The monoisotopic (exact) mass is 266 g/mol. The minimum absolute atomic E-state index is 0.146. The molecular formula is C16H10O4. The van der Waals surface area contributed by atoms with Crippen molar-refractivity contribution in [3.8, 4) is 11.1 Å². The number of carbonyl (C=O) groups is 2. The molecule has 0 aliphatic heterocycles. The summed E-state index contributed by atoms with van der Waals surface area (Å²) in [6.45, 7) is 0. The first-order valence-electron chi connectivity index (χ1n) is 6.00. The highest BCUT2D eigenvalue weighted by molar-refractivity contribution is 6.07. The summed E-state index contributed by atoms with van der Waals surface area (Å²) in [5, 5.41) is 18.1. The van der Waals surface area contributed by atoms with Crippen molar-refractivity contribution >= 4 is 17.5 Å². The summed E-state index contributed by atoms with van der Waals surface area (Å²) < 4.78 is 0. The number of carboxylic acids is 2. The molecule has 0 spiro atoms. The smallest absolute Gasteiger partial charge is 0.335 e. The lowest BCUT2D eigenvalue weighted by Gasteiger charge is -2.03. The zero-order chi connectivity index (χ0) is 14.3. The molecule has 98 valence electrons. The Morgan fingerprint density at radius 1 is 0.850 bits per heavy atom. The van der Waals surface area contributed by atoms with Crippen LogP contribution in [0.4, 0.5) is 0 Å². The molecule has 20 heavy (non-hydrogen) atoms. The first-order chi connectivity index (χ1) is 9.58. The molecule has 0 fully saturated rings. The van der Waals surface area contributed by atoms with Gasteiger partial charge in [0.1, 0.15) is 0 Å². The maximum atomic E-state index is 11.1. The van der Waals surface area contributed by atoms with E-state index in [0.29, 0.717) is 11.1 Å². The third kappa shape index (κ3) is 1.78. The lowest BCUT2D eigenvalue weighted by molar-refractivity contribution is -0.131. The maximum absolute atomic E-state index is 11.1. The lowest BCUT2D eigenvalue weighted by atomic mass is 10.0. The zero-order valence-corrected chi connectivity index (χ0v) is 10.3. The number of fused-ring (bicyclic) bond motifs is 3. The van der Waals surface area contributed by atoms with Crippen LogP contribution in [0, 0.1) is 0 Å². The fourth-order valence-corrected chi connectivity index (χ4v) is 2.51. The molecule has 0 unspecified atom stereocenters. The van der Waals surface area contributed by atoms with Gasteiger partial charge in [-0.3, -0.25) is 0 Å². The molecule has 2 aromatic carbocycles. The molecule has 0 heterocycles. The molecule has 1 aliphatic rings. The minimum atomic E-state index is -1.05. The summed E-state index contributed by atoms with van der Waals surface area (Å²) >= 11 is 0. The summed E-state index contributed by atoms with van der Waals surface area (Å²) in [5.41, 5.74) is 3.94. The van der Waals surface area contributed by atoms with Crippen molar-refractivity contribution in [3.05, 3.63) is 65.2 Å². The van der Waals surface area contributed by atoms with Crippen LogP contribution in [0.1, 0.15) is 21.5 Å². The van der Waals surface area contributed by atoms with Crippen molar-refractivity contribution < 1.29 is 19.8 Å². The Morgan fingerprint density at radius 3 is 2.15 bits per heavy atom. The first kappa shape index (κ1) is 12.2. The van der Waals surface area contributed by atoms with Crippen LogP contribution in [0.15, 0.2) is 48.5 Å². The molecule has 1 aliphatic carbocycles. The van der Waals surface area contributed by atoms with Crippen molar-refractivity contribution in [3.63, 3.8) is 0 Å². The first-order valence-corrected chi connectivity index (χ1v) is 6.00. The van der Waals surface area contributed by atoms with E-state index >= 15 is 0 Å². The molecule has 0 aromatic heterocycles. The average molecular weight is 266 g/mol. The van der Waals surface area contributed by atoms with Crippen molar-refractivity contribution in [1.29, 1.82) is 0 Å². The number of aliphatic carboxylic acids is 1. The fraction of sp³-hybridized carbons (Fsp3) is 0. The van der Waals surface area contributed by atoms with Gasteiger partial charge in [-0.25, -0.2) is 9.59 Å². The van der Waals surface area contributed by atoms with Gasteiger partial charge in [0.25, 0.3) is 0 Å². The Balaban J connectivity index is 2.31. The largest absolute Gasteiger partial charge is 0.478 e. The molecule has 0 atom stereocenters. The average Bonchev–Trinajstić information content (AvgIpc) is 2.73. The quantitative estimate of drug-likeness (QED) is 0.699. The van der Waals surface area contributed by atoms with Crippen LogP contribution in [-0.4, -0.2) is 22.2 Å². The predicted octanol–water partition coefficient (Wildman–Crippen LogP) is 2.88. The van der Waals surface area contributed by atoms with Gasteiger partial charge < -0.3 is 10.2 Å². The molecule has 0 saturated carbocycles. The molecule has 0 bridgehead atoms. The number of aromatic carboxylic acids is 1. The van der Waals surface area contributed by atoms with Gasteiger partial charge in [-0.2, -0.15) is 0 Å². The van der Waals surface area contributed by atoms with Crippen molar-refractivity contribution in [2.24, 2.45) is 0 Å². The fourth-order valence-electron chi connectivity index (χ4n) is 2.51. The predicted molar refractivity (Wildman–Crippen MR) is 73.6 cm³/mol. The van der Waals surface area contributed by atoms with E-state index in [1.54, 1.807) is 6.07 Å². The van der Waals surface area contributed by atoms with Crippen LogP contribution in [0.3, 0.4) is 0 Å². The van der Waals surface area contributed by atoms with Gasteiger partial charge in [0.15, 0.2) is 0 Å². The number of rotatable bonds is 2. The molecule has 0 radical (unpaired) electrons. The van der Waals surface area contributed by atoms with E-state index in [2.05, 4.69) is 0 Å². The standard InChI is InChI=1S/C16H10O4/c17-15(18)8-14-11-4-2-1-3-10(11)12-6-5-9(16(19)20)7-13(12)14/h1-8H,(H,17,18)(H,19,20)/b14-8-. The van der Waals surface area contributed by atoms with E-state index in [-0.39, 0.29) is 5.56 Å². The second-order valence-corrected chi connectivity index (χ2v) is 4.51. The second kappa shape index (κ2) is 4.35. The molecule has 0 saturated heterocycles. The minimum Gasteiger partial charge on any atom is -0.478 e. The van der Waals surface area contributed by atoms with Gasteiger partial charge in [0.2, 0.25) is 0 Å². The Bertz CT molecular complexity index is 772. The normalized spacial score (nSPS) is 13.9. The van der Waals surface area contributed by atoms with E-state index in [9.17, 15) is 9.59 Å². The van der Waals surface area contributed by atoms with Crippen LogP contribution in [0.25, 0.3) is 16.7 Å². The second-order valence-electron chi connectivity index (χ2n) is 4.51. The Morgan fingerprint density at radius 2 is 1.50 bits per heavy atom.